The first-order valence-electron chi connectivity index (χ1n) is 10.3. The molecule has 1 aliphatic rings. The van der Waals surface area contributed by atoms with Crippen molar-refractivity contribution in [3.05, 3.63) is 59.5 Å². The number of aromatic nitrogens is 3. The number of nitrogens with zero attached hydrogens (tertiary/aromatic N) is 4. The summed E-state index contributed by atoms with van der Waals surface area (Å²) in [6, 6.07) is 9.10. The largest absolute Gasteiger partial charge is 0.350 e. The van der Waals surface area contributed by atoms with Gasteiger partial charge in [-0.2, -0.15) is 5.10 Å². The Hall–Kier alpha value is -3.26. The van der Waals surface area contributed by atoms with Gasteiger partial charge in [0.25, 0.3) is 11.8 Å². The molecule has 3 heterocycles. The molecule has 2 aromatic heterocycles. The quantitative estimate of drug-likeness (QED) is 0.656. The Labute approximate surface area is 175 Å². The Kier molecular flexibility index (Phi) is 5.76. The molecule has 8 nitrogen and oxygen atoms in total. The molecule has 1 aromatic carbocycles. The zero-order valence-corrected chi connectivity index (χ0v) is 17.3. The van der Waals surface area contributed by atoms with Crippen LogP contribution in [-0.4, -0.2) is 57.0 Å². The lowest BCUT2D eigenvalue weighted by atomic mass is 10.1. The standard InChI is InChI=1S/C22H26N6O2/c1-3-27-10-4-6-17(27)14-24-21(29)16-8-7-15(2)18(12-16)25-22(30)19-13-20-23-9-5-11-28(20)26-19/h5,7-9,11-13,17H,3-4,6,10,14H2,1-2H3,(H,24,29)(H,25,30). The van der Waals surface area contributed by atoms with E-state index in [1.165, 1.54) is 6.42 Å². The van der Waals surface area contributed by atoms with Crippen LogP contribution < -0.4 is 10.6 Å². The number of nitrogens with one attached hydrogen (secondary N) is 2. The van der Waals surface area contributed by atoms with E-state index in [0.29, 0.717) is 29.5 Å². The van der Waals surface area contributed by atoms with E-state index in [0.717, 1.165) is 25.1 Å². The maximum Gasteiger partial charge on any atom is 0.276 e. The van der Waals surface area contributed by atoms with Crippen LogP contribution in [0.25, 0.3) is 5.65 Å². The lowest BCUT2D eigenvalue weighted by molar-refractivity contribution is 0.0940. The molecule has 30 heavy (non-hydrogen) atoms. The monoisotopic (exact) mass is 406 g/mol. The van der Waals surface area contributed by atoms with Gasteiger partial charge in [-0.25, -0.2) is 9.50 Å². The van der Waals surface area contributed by atoms with Gasteiger partial charge in [-0.15, -0.1) is 0 Å². The smallest absolute Gasteiger partial charge is 0.276 e. The zero-order valence-electron chi connectivity index (χ0n) is 17.3. The normalized spacial score (nSPS) is 16.7. The highest BCUT2D eigenvalue weighted by molar-refractivity contribution is 6.05. The first-order chi connectivity index (χ1) is 14.5. The molecule has 8 heteroatoms. The zero-order chi connectivity index (χ0) is 21.1. The molecule has 0 saturated carbocycles. The lowest BCUT2D eigenvalue weighted by Gasteiger charge is -2.23. The number of fused-ring (bicyclic) bond motifs is 1. The minimum Gasteiger partial charge on any atom is -0.350 e. The number of likely N-dealkylation sites (tertiary alicyclic amines) is 1. The summed E-state index contributed by atoms with van der Waals surface area (Å²) < 4.78 is 1.55. The van der Waals surface area contributed by atoms with Crippen molar-refractivity contribution in [3.63, 3.8) is 0 Å². The average molecular weight is 406 g/mol. The van der Waals surface area contributed by atoms with Gasteiger partial charge in [0.05, 0.1) is 0 Å². The number of aryl methyl sites for hydroxylation is 1. The highest BCUT2D eigenvalue weighted by atomic mass is 16.2. The van der Waals surface area contributed by atoms with Crippen molar-refractivity contribution < 1.29 is 9.59 Å². The summed E-state index contributed by atoms with van der Waals surface area (Å²) in [6.07, 6.45) is 5.67. The summed E-state index contributed by atoms with van der Waals surface area (Å²) in [7, 11) is 0. The van der Waals surface area contributed by atoms with E-state index >= 15 is 0 Å². The van der Waals surface area contributed by atoms with Crippen LogP contribution in [0, 0.1) is 6.92 Å². The van der Waals surface area contributed by atoms with Crippen LogP contribution in [-0.2, 0) is 0 Å². The number of carbonyl (C=O) groups is 2. The van der Waals surface area contributed by atoms with Crippen molar-refractivity contribution in [2.75, 3.05) is 25.0 Å². The molecule has 0 bridgehead atoms. The number of hydrogen-bond donors (Lipinski definition) is 2. The number of rotatable bonds is 6. The fraction of sp³-hybridized carbons (Fsp3) is 0.364. The number of amides is 2. The maximum atomic E-state index is 12.7. The van der Waals surface area contributed by atoms with Crippen molar-refractivity contribution >= 4 is 23.1 Å². The Balaban J connectivity index is 1.44. The summed E-state index contributed by atoms with van der Waals surface area (Å²) >= 11 is 0. The van der Waals surface area contributed by atoms with Crippen molar-refractivity contribution in [1.29, 1.82) is 0 Å². The van der Waals surface area contributed by atoms with Crippen LogP contribution in [0.2, 0.25) is 0 Å². The van der Waals surface area contributed by atoms with Gasteiger partial charge in [0.15, 0.2) is 11.3 Å². The molecular formula is C22H26N6O2. The molecule has 4 rings (SSSR count). The fourth-order valence-corrected chi connectivity index (χ4v) is 3.88. The summed E-state index contributed by atoms with van der Waals surface area (Å²) in [5.74, 6) is -0.476. The van der Waals surface area contributed by atoms with Crippen molar-refractivity contribution in [2.45, 2.75) is 32.7 Å². The molecule has 2 amide bonds. The summed E-state index contributed by atoms with van der Waals surface area (Å²) in [5.41, 5.74) is 2.85. The fourth-order valence-electron chi connectivity index (χ4n) is 3.88. The van der Waals surface area contributed by atoms with Gasteiger partial charge in [-0.3, -0.25) is 14.5 Å². The van der Waals surface area contributed by atoms with Crippen LogP contribution in [0.4, 0.5) is 5.69 Å². The molecular weight excluding hydrogens is 380 g/mol. The van der Waals surface area contributed by atoms with E-state index < -0.39 is 0 Å². The third kappa shape index (κ3) is 4.18. The van der Waals surface area contributed by atoms with Crippen LogP contribution in [0.3, 0.4) is 0 Å². The molecule has 1 aliphatic heterocycles. The third-order valence-corrected chi connectivity index (χ3v) is 5.62. The second kappa shape index (κ2) is 8.62. The predicted molar refractivity (Wildman–Crippen MR) is 115 cm³/mol. The molecule has 3 aromatic rings. The second-order valence-electron chi connectivity index (χ2n) is 7.57. The molecule has 1 saturated heterocycles. The summed E-state index contributed by atoms with van der Waals surface area (Å²) in [4.78, 5) is 31.9. The van der Waals surface area contributed by atoms with Gasteiger partial charge < -0.3 is 10.6 Å². The minimum atomic E-state index is -0.342. The van der Waals surface area contributed by atoms with Crippen molar-refractivity contribution in [3.8, 4) is 0 Å². The molecule has 2 N–H and O–H groups in total. The van der Waals surface area contributed by atoms with Gasteiger partial charge >= 0.3 is 0 Å². The van der Waals surface area contributed by atoms with Crippen LogP contribution in [0.1, 0.15) is 46.2 Å². The van der Waals surface area contributed by atoms with Gasteiger partial charge in [0, 0.05) is 42.3 Å². The topological polar surface area (TPSA) is 91.6 Å². The van der Waals surface area contributed by atoms with Gasteiger partial charge in [0.2, 0.25) is 0 Å². The number of carbonyl (C=O) groups excluding carboxylic acids is 2. The molecule has 1 fully saturated rings. The van der Waals surface area contributed by atoms with Crippen molar-refractivity contribution in [1.82, 2.24) is 24.8 Å². The van der Waals surface area contributed by atoms with E-state index in [1.807, 2.05) is 13.0 Å². The van der Waals surface area contributed by atoms with Gasteiger partial charge in [0.1, 0.15) is 0 Å². The van der Waals surface area contributed by atoms with Crippen LogP contribution in [0.5, 0.6) is 0 Å². The van der Waals surface area contributed by atoms with Crippen molar-refractivity contribution in [2.24, 2.45) is 0 Å². The highest BCUT2D eigenvalue weighted by Crippen LogP contribution is 2.19. The summed E-state index contributed by atoms with van der Waals surface area (Å²) in [5, 5.41) is 10.1. The van der Waals surface area contributed by atoms with Gasteiger partial charge in [-0.1, -0.05) is 13.0 Å². The number of anilines is 1. The minimum absolute atomic E-state index is 0.134. The predicted octanol–water partition coefficient (Wildman–Crippen LogP) is 2.50. The highest BCUT2D eigenvalue weighted by Gasteiger charge is 2.23. The third-order valence-electron chi connectivity index (χ3n) is 5.62. The van der Waals surface area contributed by atoms with E-state index in [2.05, 4.69) is 32.5 Å². The Bertz CT molecular complexity index is 1040. The van der Waals surface area contributed by atoms with E-state index in [4.69, 9.17) is 0 Å². The Morgan fingerprint density at radius 1 is 1.23 bits per heavy atom. The SMILES string of the molecule is CCN1CCCC1CNC(=O)c1ccc(C)c(NC(=O)c2cc3ncccn3n2)c1. The maximum absolute atomic E-state index is 12.7. The summed E-state index contributed by atoms with van der Waals surface area (Å²) in [6.45, 7) is 6.76. The number of hydrogen-bond acceptors (Lipinski definition) is 5. The lowest BCUT2D eigenvalue weighted by Crippen LogP contribution is -2.40. The van der Waals surface area contributed by atoms with Gasteiger partial charge in [-0.05, 0) is 56.6 Å². The number of likely N-dealkylation sites (N-methyl/N-ethyl adjacent to an activating group) is 1. The molecule has 0 radical (unpaired) electrons. The molecule has 156 valence electrons. The van der Waals surface area contributed by atoms with Crippen LogP contribution >= 0.6 is 0 Å². The van der Waals surface area contributed by atoms with E-state index in [-0.39, 0.29) is 17.5 Å². The van der Waals surface area contributed by atoms with E-state index in [1.54, 1.807) is 41.2 Å². The van der Waals surface area contributed by atoms with E-state index in [9.17, 15) is 9.59 Å². The first-order valence-corrected chi connectivity index (χ1v) is 10.3. The first kappa shape index (κ1) is 20.0. The molecule has 0 spiro atoms. The Morgan fingerprint density at radius 2 is 2.10 bits per heavy atom. The average Bonchev–Trinajstić information content (AvgIpc) is 3.39. The molecule has 0 aliphatic carbocycles. The Morgan fingerprint density at radius 3 is 2.90 bits per heavy atom. The second-order valence-corrected chi connectivity index (χ2v) is 7.57. The number of benzene rings is 1. The molecule has 1 unspecified atom stereocenters. The molecule has 1 atom stereocenters. The van der Waals surface area contributed by atoms with Crippen LogP contribution in [0.15, 0.2) is 42.7 Å².